The number of carbonyl (C=O) groups is 1. The average molecular weight is 244 g/mol. The molecule has 0 radical (unpaired) electrons. The second kappa shape index (κ2) is 5.62. The zero-order chi connectivity index (χ0) is 12.1. The Balaban J connectivity index is 3.09. The third-order valence-corrected chi connectivity index (χ3v) is 2.50. The monoisotopic (exact) mass is 244 g/mol. The molecule has 0 spiro atoms. The summed E-state index contributed by atoms with van der Waals surface area (Å²) in [5, 5.41) is 8.91. The van der Waals surface area contributed by atoms with Gasteiger partial charge in [0.05, 0.1) is 11.5 Å². The van der Waals surface area contributed by atoms with E-state index in [1.807, 2.05) is 6.92 Å². The van der Waals surface area contributed by atoms with Gasteiger partial charge in [-0.25, -0.2) is 9.00 Å². The zero-order valence-electron chi connectivity index (χ0n) is 8.67. The van der Waals surface area contributed by atoms with Crippen molar-refractivity contribution >= 4 is 17.0 Å². The maximum absolute atomic E-state index is 10.9. The lowest BCUT2D eigenvalue weighted by molar-refractivity contribution is 0.0692. The van der Waals surface area contributed by atoms with Crippen molar-refractivity contribution in [2.45, 2.75) is 18.2 Å². The van der Waals surface area contributed by atoms with E-state index in [1.54, 1.807) is 0 Å². The highest BCUT2D eigenvalue weighted by Gasteiger charge is 2.13. The molecule has 0 bridgehead atoms. The van der Waals surface area contributed by atoms with Crippen molar-refractivity contribution in [1.29, 1.82) is 0 Å². The van der Waals surface area contributed by atoms with Crippen LogP contribution in [-0.2, 0) is 11.1 Å². The predicted molar refractivity (Wildman–Crippen MR) is 58.2 cm³/mol. The van der Waals surface area contributed by atoms with Gasteiger partial charge in [0, 0.05) is 0 Å². The van der Waals surface area contributed by atoms with Gasteiger partial charge in [-0.1, -0.05) is 6.92 Å². The van der Waals surface area contributed by atoms with Gasteiger partial charge in [0.15, 0.2) is 11.1 Å². The Hall–Kier alpha value is -1.40. The van der Waals surface area contributed by atoms with E-state index >= 15 is 0 Å². The van der Waals surface area contributed by atoms with Crippen LogP contribution in [-0.4, -0.2) is 26.4 Å². The van der Waals surface area contributed by atoms with Crippen LogP contribution in [0.3, 0.4) is 0 Å². The summed E-state index contributed by atoms with van der Waals surface area (Å²) in [6, 6.07) is 3.90. The normalized spacial score (nSPS) is 12.1. The average Bonchev–Trinajstić information content (AvgIpc) is 2.25. The molecule has 0 heterocycles. The van der Waals surface area contributed by atoms with Crippen LogP contribution in [0, 0.1) is 0 Å². The van der Waals surface area contributed by atoms with E-state index in [0.29, 0.717) is 6.61 Å². The SMILES string of the molecule is CCCOc1ccc(S(=O)O)cc1C(=O)O. The highest BCUT2D eigenvalue weighted by Crippen LogP contribution is 2.21. The number of carboxylic acids is 1. The second-order valence-electron chi connectivity index (χ2n) is 3.06. The molecule has 0 saturated heterocycles. The molecule has 1 aromatic rings. The first-order chi connectivity index (χ1) is 7.56. The Morgan fingerprint density at radius 2 is 2.19 bits per heavy atom. The van der Waals surface area contributed by atoms with Crippen LogP contribution in [0.1, 0.15) is 23.7 Å². The molecule has 1 rings (SSSR count). The Bertz CT molecular complexity index is 416. The molecular formula is C10H12O5S. The minimum absolute atomic E-state index is 0.0428. The summed E-state index contributed by atoms with van der Waals surface area (Å²) in [6.45, 7) is 2.30. The summed E-state index contributed by atoms with van der Waals surface area (Å²) < 4.78 is 24.8. The van der Waals surface area contributed by atoms with Gasteiger partial charge in [0.25, 0.3) is 0 Å². The zero-order valence-corrected chi connectivity index (χ0v) is 9.49. The van der Waals surface area contributed by atoms with Gasteiger partial charge in [0.2, 0.25) is 0 Å². The molecular weight excluding hydrogens is 232 g/mol. The topological polar surface area (TPSA) is 83.8 Å². The fraction of sp³-hybridized carbons (Fsp3) is 0.300. The molecule has 0 aliphatic carbocycles. The van der Waals surface area contributed by atoms with Crippen molar-refractivity contribution in [3.05, 3.63) is 23.8 Å². The van der Waals surface area contributed by atoms with E-state index in [2.05, 4.69) is 0 Å². The van der Waals surface area contributed by atoms with Crippen molar-refractivity contribution in [3.63, 3.8) is 0 Å². The summed E-state index contributed by atoms with van der Waals surface area (Å²) in [5.74, 6) is -0.970. The fourth-order valence-electron chi connectivity index (χ4n) is 1.12. The van der Waals surface area contributed by atoms with Gasteiger partial charge in [0.1, 0.15) is 11.3 Å². The number of carboxylic acid groups (broad SMARTS) is 1. The Kier molecular flexibility index (Phi) is 4.45. The molecule has 0 aliphatic heterocycles. The lowest BCUT2D eigenvalue weighted by atomic mass is 10.2. The van der Waals surface area contributed by atoms with Crippen molar-refractivity contribution < 1.29 is 23.4 Å². The summed E-state index contributed by atoms with van der Waals surface area (Å²) >= 11 is -2.19. The largest absolute Gasteiger partial charge is 0.493 e. The first-order valence-corrected chi connectivity index (χ1v) is 5.78. The Morgan fingerprint density at radius 1 is 1.50 bits per heavy atom. The molecule has 0 aromatic heterocycles. The summed E-state index contributed by atoms with van der Waals surface area (Å²) in [6.07, 6.45) is 0.757. The van der Waals surface area contributed by atoms with Crippen molar-refractivity contribution in [2.24, 2.45) is 0 Å². The molecule has 16 heavy (non-hydrogen) atoms. The highest BCUT2D eigenvalue weighted by molar-refractivity contribution is 7.79. The molecule has 0 saturated carbocycles. The Labute approximate surface area is 95.3 Å². The van der Waals surface area contributed by atoms with E-state index in [9.17, 15) is 9.00 Å². The number of benzene rings is 1. The molecule has 88 valence electrons. The predicted octanol–water partition coefficient (Wildman–Crippen LogP) is 1.75. The van der Waals surface area contributed by atoms with Crippen LogP contribution in [0.15, 0.2) is 23.1 Å². The second-order valence-corrected chi connectivity index (χ2v) is 4.03. The molecule has 2 N–H and O–H groups in total. The van der Waals surface area contributed by atoms with Gasteiger partial charge in [-0.3, -0.25) is 0 Å². The number of hydrogen-bond donors (Lipinski definition) is 2. The van der Waals surface area contributed by atoms with Crippen molar-refractivity contribution in [1.82, 2.24) is 0 Å². The van der Waals surface area contributed by atoms with Crippen LogP contribution >= 0.6 is 0 Å². The maximum Gasteiger partial charge on any atom is 0.339 e. The Morgan fingerprint density at radius 3 is 2.69 bits per heavy atom. The smallest absolute Gasteiger partial charge is 0.339 e. The molecule has 6 heteroatoms. The number of hydrogen-bond acceptors (Lipinski definition) is 3. The van der Waals surface area contributed by atoms with Crippen LogP contribution in [0.25, 0.3) is 0 Å². The quantitative estimate of drug-likeness (QED) is 0.771. The van der Waals surface area contributed by atoms with E-state index in [1.165, 1.54) is 12.1 Å². The molecule has 5 nitrogen and oxygen atoms in total. The van der Waals surface area contributed by atoms with Crippen LogP contribution in [0.2, 0.25) is 0 Å². The molecule has 1 aromatic carbocycles. The number of rotatable bonds is 5. The standard InChI is InChI=1S/C10H12O5S/c1-2-5-15-9-4-3-7(16(13)14)6-8(9)10(11)12/h3-4,6H,2,5H2,1H3,(H,11,12)(H,13,14). The minimum Gasteiger partial charge on any atom is -0.493 e. The first kappa shape index (κ1) is 12.7. The van der Waals surface area contributed by atoms with Gasteiger partial charge in [-0.15, -0.1) is 0 Å². The van der Waals surface area contributed by atoms with E-state index < -0.39 is 17.0 Å². The van der Waals surface area contributed by atoms with Gasteiger partial charge < -0.3 is 14.4 Å². The van der Waals surface area contributed by atoms with Crippen LogP contribution in [0.4, 0.5) is 0 Å². The molecule has 0 aliphatic rings. The maximum atomic E-state index is 10.9. The lowest BCUT2D eigenvalue weighted by Crippen LogP contribution is -2.05. The van der Waals surface area contributed by atoms with Crippen LogP contribution < -0.4 is 4.74 Å². The van der Waals surface area contributed by atoms with E-state index in [4.69, 9.17) is 14.4 Å². The van der Waals surface area contributed by atoms with E-state index in [-0.39, 0.29) is 16.2 Å². The number of ether oxygens (including phenoxy) is 1. The van der Waals surface area contributed by atoms with Crippen LogP contribution in [0.5, 0.6) is 5.75 Å². The van der Waals surface area contributed by atoms with Gasteiger partial charge in [-0.2, -0.15) is 0 Å². The summed E-state index contributed by atoms with van der Waals surface area (Å²) in [5.41, 5.74) is -0.103. The van der Waals surface area contributed by atoms with Crippen molar-refractivity contribution in [3.8, 4) is 5.75 Å². The number of aromatic carboxylic acids is 1. The molecule has 0 amide bonds. The van der Waals surface area contributed by atoms with Gasteiger partial charge >= 0.3 is 5.97 Å². The molecule has 1 unspecified atom stereocenters. The first-order valence-electron chi connectivity index (χ1n) is 4.67. The third-order valence-electron chi connectivity index (χ3n) is 1.84. The minimum atomic E-state index is -2.19. The highest BCUT2D eigenvalue weighted by atomic mass is 32.2. The lowest BCUT2D eigenvalue weighted by Gasteiger charge is -2.08. The third kappa shape index (κ3) is 3.04. The molecule has 1 atom stereocenters. The summed E-state index contributed by atoms with van der Waals surface area (Å²) in [4.78, 5) is 10.9. The molecule has 0 fully saturated rings. The summed E-state index contributed by atoms with van der Waals surface area (Å²) in [7, 11) is 0. The van der Waals surface area contributed by atoms with Gasteiger partial charge in [-0.05, 0) is 24.6 Å². The van der Waals surface area contributed by atoms with E-state index in [0.717, 1.165) is 12.5 Å². The van der Waals surface area contributed by atoms with Crippen molar-refractivity contribution in [2.75, 3.05) is 6.61 Å². The fourth-order valence-corrected chi connectivity index (χ4v) is 1.53.